The monoisotopic (exact) mass is 222 g/mol. The van der Waals surface area contributed by atoms with E-state index in [-0.39, 0.29) is 0 Å². The molecule has 1 aromatic rings. The molecule has 2 atom stereocenters. The zero-order valence-electron chi connectivity index (χ0n) is 9.59. The molecule has 82 valence electrons. The van der Waals surface area contributed by atoms with Crippen molar-refractivity contribution >= 4 is 11.6 Å². The Balaban J connectivity index is 2.34. The highest BCUT2D eigenvalue weighted by atomic mass is 35.5. The summed E-state index contributed by atoms with van der Waals surface area (Å²) in [5.74, 6) is 0.862. The highest BCUT2D eigenvalue weighted by molar-refractivity contribution is 6.30. The van der Waals surface area contributed by atoms with Gasteiger partial charge in [0.1, 0.15) is 0 Å². The molecule has 0 aliphatic heterocycles. The molecule has 0 aromatic heterocycles. The standard InChI is InChI=1S/C14H19Cl/c1-3-11-8-9-14(11,4-2)12-6-5-7-13(15)10-12/h5-7,10-11H,3-4,8-9H2,1-2H3. The van der Waals surface area contributed by atoms with Crippen LogP contribution in [0.3, 0.4) is 0 Å². The first kappa shape index (κ1) is 11.0. The van der Waals surface area contributed by atoms with Crippen LogP contribution in [-0.4, -0.2) is 0 Å². The van der Waals surface area contributed by atoms with Gasteiger partial charge in [-0.25, -0.2) is 0 Å². The Kier molecular flexibility index (Phi) is 3.06. The van der Waals surface area contributed by atoms with E-state index >= 15 is 0 Å². The van der Waals surface area contributed by atoms with Crippen LogP contribution < -0.4 is 0 Å². The molecular weight excluding hydrogens is 204 g/mol. The minimum absolute atomic E-state index is 0.430. The molecule has 1 heteroatoms. The molecule has 0 spiro atoms. The summed E-state index contributed by atoms with van der Waals surface area (Å²) in [6.45, 7) is 4.61. The minimum atomic E-state index is 0.430. The summed E-state index contributed by atoms with van der Waals surface area (Å²) >= 11 is 6.08. The van der Waals surface area contributed by atoms with Crippen molar-refractivity contribution < 1.29 is 0 Å². The van der Waals surface area contributed by atoms with Gasteiger partial charge in [0.15, 0.2) is 0 Å². The van der Waals surface area contributed by atoms with Gasteiger partial charge in [0.05, 0.1) is 0 Å². The van der Waals surface area contributed by atoms with Gasteiger partial charge < -0.3 is 0 Å². The van der Waals surface area contributed by atoms with E-state index < -0.39 is 0 Å². The second-order valence-electron chi connectivity index (χ2n) is 4.66. The van der Waals surface area contributed by atoms with Gasteiger partial charge in [-0.1, -0.05) is 44.0 Å². The second kappa shape index (κ2) is 4.17. The molecule has 0 bridgehead atoms. The maximum Gasteiger partial charge on any atom is 0.0408 e. The van der Waals surface area contributed by atoms with Crippen LogP contribution in [0.15, 0.2) is 24.3 Å². The van der Waals surface area contributed by atoms with Gasteiger partial charge in [0, 0.05) is 5.02 Å². The highest BCUT2D eigenvalue weighted by Crippen LogP contribution is 2.52. The van der Waals surface area contributed by atoms with E-state index in [9.17, 15) is 0 Å². The Bertz CT molecular complexity index is 339. The Labute approximate surface area is 97.6 Å². The first-order chi connectivity index (χ1) is 7.23. The zero-order chi connectivity index (χ0) is 10.9. The summed E-state index contributed by atoms with van der Waals surface area (Å²) < 4.78 is 0. The lowest BCUT2D eigenvalue weighted by molar-refractivity contribution is 0.110. The van der Waals surface area contributed by atoms with Crippen molar-refractivity contribution in [3.05, 3.63) is 34.9 Å². The smallest absolute Gasteiger partial charge is 0.0408 e. The average Bonchev–Trinajstić information content (AvgIpc) is 2.18. The SMILES string of the molecule is CCC1CCC1(CC)c1cccc(Cl)c1. The fraction of sp³-hybridized carbons (Fsp3) is 0.571. The molecule has 0 nitrogen and oxygen atoms in total. The molecule has 0 radical (unpaired) electrons. The van der Waals surface area contributed by atoms with E-state index in [0.717, 1.165) is 10.9 Å². The van der Waals surface area contributed by atoms with E-state index in [0.29, 0.717) is 5.41 Å². The van der Waals surface area contributed by atoms with Gasteiger partial charge in [0.2, 0.25) is 0 Å². The molecule has 0 amide bonds. The number of halogens is 1. The number of benzene rings is 1. The van der Waals surface area contributed by atoms with Crippen LogP contribution in [-0.2, 0) is 5.41 Å². The molecule has 0 saturated heterocycles. The van der Waals surface area contributed by atoms with Crippen LogP contribution in [0.1, 0.15) is 45.1 Å². The van der Waals surface area contributed by atoms with Gasteiger partial charge in [-0.05, 0) is 48.3 Å². The van der Waals surface area contributed by atoms with Crippen molar-refractivity contribution in [2.24, 2.45) is 5.92 Å². The van der Waals surface area contributed by atoms with Gasteiger partial charge in [0.25, 0.3) is 0 Å². The molecule has 1 aromatic carbocycles. The van der Waals surface area contributed by atoms with E-state index in [1.165, 1.54) is 31.2 Å². The maximum absolute atomic E-state index is 6.08. The normalized spacial score (nSPS) is 29.9. The quantitative estimate of drug-likeness (QED) is 0.689. The number of rotatable bonds is 3. The topological polar surface area (TPSA) is 0 Å². The third-order valence-electron chi connectivity index (χ3n) is 4.24. The predicted octanol–water partition coefficient (Wildman–Crippen LogP) is 4.81. The molecule has 0 heterocycles. The van der Waals surface area contributed by atoms with Crippen molar-refractivity contribution in [1.29, 1.82) is 0 Å². The van der Waals surface area contributed by atoms with Gasteiger partial charge in [-0.2, -0.15) is 0 Å². The fourth-order valence-electron chi connectivity index (χ4n) is 3.14. The first-order valence-corrected chi connectivity index (χ1v) is 6.36. The summed E-state index contributed by atoms with van der Waals surface area (Å²) in [5, 5.41) is 0.877. The highest BCUT2D eigenvalue weighted by Gasteiger charge is 2.45. The van der Waals surface area contributed by atoms with Gasteiger partial charge in [-0.15, -0.1) is 0 Å². The van der Waals surface area contributed by atoms with Crippen LogP contribution in [0.4, 0.5) is 0 Å². The van der Waals surface area contributed by atoms with Gasteiger partial charge in [-0.3, -0.25) is 0 Å². The lowest BCUT2D eigenvalue weighted by Gasteiger charge is -2.50. The summed E-state index contributed by atoms with van der Waals surface area (Å²) in [7, 11) is 0. The molecule has 0 N–H and O–H groups in total. The molecule has 1 aliphatic carbocycles. The molecule has 1 aliphatic rings. The number of hydrogen-bond acceptors (Lipinski definition) is 0. The first-order valence-electron chi connectivity index (χ1n) is 5.99. The molecule has 1 saturated carbocycles. The Morgan fingerprint density at radius 2 is 2.20 bits per heavy atom. The summed E-state index contributed by atoms with van der Waals surface area (Å²) in [6.07, 6.45) is 5.26. The third-order valence-corrected chi connectivity index (χ3v) is 4.48. The van der Waals surface area contributed by atoms with Crippen molar-refractivity contribution in [2.75, 3.05) is 0 Å². The van der Waals surface area contributed by atoms with Crippen LogP contribution in [0.5, 0.6) is 0 Å². The minimum Gasteiger partial charge on any atom is -0.0843 e. The summed E-state index contributed by atoms with van der Waals surface area (Å²) in [5.41, 5.74) is 1.88. The Hall–Kier alpha value is -0.490. The third kappa shape index (κ3) is 1.69. The van der Waals surface area contributed by atoms with Crippen LogP contribution >= 0.6 is 11.6 Å². The fourth-order valence-corrected chi connectivity index (χ4v) is 3.33. The van der Waals surface area contributed by atoms with Gasteiger partial charge >= 0.3 is 0 Å². The summed E-state index contributed by atoms with van der Waals surface area (Å²) in [4.78, 5) is 0. The summed E-state index contributed by atoms with van der Waals surface area (Å²) in [6, 6.07) is 8.46. The molecule has 2 unspecified atom stereocenters. The van der Waals surface area contributed by atoms with E-state index in [2.05, 4.69) is 32.0 Å². The molecule has 15 heavy (non-hydrogen) atoms. The Morgan fingerprint density at radius 1 is 1.40 bits per heavy atom. The lowest BCUT2D eigenvalue weighted by atomic mass is 9.54. The zero-order valence-corrected chi connectivity index (χ0v) is 10.3. The molecular formula is C14H19Cl. The van der Waals surface area contributed by atoms with E-state index in [1.54, 1.807) is 0 Å². The van der Waals surface area contributed by atoms with E-state index in [1.807, 2.05) is 6.07 Å². The Morgan fingerprint density at radius 3 is 2.67 bits per heavy atom. The van der Waals surface area contributed by atoms with Crippen molar-refractivity contribution in [2.45, 2.75) is 44.9 Å². The van der Waals surface area contributed by atoms with Crippen molar-refractivity contribution in [3.8, 4) is 0 Å². The molecule has 2 rings (SSSR count). The predicted molar refractivity (Wildman–Crippen MR) is 66.4 cm³/mol. The van der Waals surface area contributed by atoms with Crippen molar-refractivity contribution in [1.82, 2.24) is 0 Å². The number of hydrogen-bond donors (Lipinski definition) is 0. The maximum atomic E-state index is 6.08. The largest absolute Gasteiger partial charge is 0.0843 e. The average molecular weight is 223 g/mol. The molecule has 1 fully saturated rings. The van der Waals surface area contributed by atoms with E-state index in [4.69, 9.17) is 11.6 Å². The van der Waals surface area contributed by atoms with Crippen LogP contribution in [0.2, 0.25) is 5.02 Å². The van der Waals surface area contributed by atoms with Crippen LogP contribution in [0, 0.1) is 5.92 Å². The second-order valence-corrected chi connectivity index (χ2v) is 5.10. The van der Waals surface area contributed by atoms with Crippen LogP contribution in [0.25, 0.3) is 0 Å². The lowest BCUT2D eigenvalue weighted by Crippen LogP contribution is -2.43. The van der Waals surface area contributed by atoms with Crippen molar-refractivity contribution in [3.63, 3.8) is 0 Å².